The predicted octanol–water partition coefficient (Wildman–Crippen LogP) is 3.83. The Kier molecular flexibility index (Phi) is 6.31. The first-order valence-electron chi connectivity index (χ1n) is 10.6. The molecule has 3 saturated heterocycles. The zero-order valence-corrected chi connectivity index (χ0v) is 18.3. The summed E-state index contributed by atoms with van der Waals surface area (Å²) in [5.74, 6) is 3.60. The molecular weight excluding hydrogens is 453 g/mol. The van der Waals surface area contributed by atoms with Crippen molar-refractivity contribution in [3.05, 3.63) is 24.2 Å². The van der Waals surface area contributed by atoms with Crippen LogP contribution in [-0.4, -0.2) is 48.7 Å². The summed E-state index contributed by atoms with van der Waals surface area (Å²) in [4.78, 5) is 7.53. The first-order chi connectivity index (χ1) is 12.9. The molecule has 150 valence electrons. The number of ether oxygens (including phenoxy) is 1. The lowest BCUT2D eigenvalue weighted by atomic mass is 9.82. The van der Waals surface area contributed by atoms with Gasteiger partial charge in [0.1, 0.15) is 5.76 Å². The van der Waals surface area contributed by atoms with Crippen LogP contribution in [0.5, 0.6) is 0 Å². The van der Waals surface area contributed by atoms with Crippen LogP contribution in [0.4, 0.5) is 0 Å². The van der Waals surface area contributed by atoms with Crippen molar-refractivity contribution in [1.82, 2.24) is 10.2 Å². The normalized spacial score (nSPS) is 33.2. The lowest BCUT2D eigenvalue weighted by Gasteiger charge is -2.30. The van der Waals surface area contributed by atoms with E-state index in [0.29, 0.717) is 18.2 Å². The Bertz CT molecular complexity index is 611. The maximum absolute atomic E-state index is 6.15. The SMILES string of the molecule is I.c1coc(CCN=C(NC2CCCCC2)N2CC3C4CCC(O4)C3C2)c1. The van der Waals surface area contributed by atoms with E-state index in [2.05, 4.69) is 10.2 Å². The largest absolute Gasteiger partial charge is 0.469 e. The van der Waals surface area contributed by atoms with Gasteiger partial charge in [-0.05, 0) is 37.8 Å². The molecule has 5 nitrogen and oxygen atoms in total. The van der Waals surface area contributed by atoms with E-state index < -0.39 is 0 Å². The van der Waals surface area contributed by atoms with Crippen LogP contribution in [0.15, 0.2) is 27.8 Å². The van der Waals surface area contributed by atoms with E-state index in [4.69, 9.17) is 14.1 Å². The summed E-state index contributed by atoms with van der Waals surface area (Å²) >= 11 is 0. The fourth-order valence-corrected chi connectivity index (χ4v) is 5.53. The third kappa shape index (κ3) is 4.16. The molecule has 4 heterocycles. The Hall–Kier alpha value is -0.760. The van der Waals surface area contributed by atoms with E-state index >= 15 is 0 Å². The van der Waals surface area contributed by atoms with Crippen molar-refractivity contribution in [2.24, 2.45) is 16.8 Å². The highest BCUT2D eigenvalue weighted by Gasteiger charge is 2.53. The van der Waals surface area contributed by atoms with E-state index in [0.717, 1.165) is 49.6 Å². The molecule has 0 spiro atoms. The molecule has 27 heavy (non-hydrogen) atoms. The standard InChI is InChI=1S/C21H31N3O2.HI/c1-2-5-15(6-3-1)23-21(22-11-10-16-7-4-12-25-16)24-13-17-18(14-24)20-9-8-19(17)26-20;/h4,7,12,15,17-20H,1-3,5-6,8-11,13-14H2,(H,22,23);1H. The predicted molar refractivity (Wildman–Crippen MR) is 117 cm³/mol. The van der Waals surface area contributed by atoms with Crippen molar-refractivity contribution >= 4 is 29.9 Å². The van der Waals surface area contributed by atoms with Gasteiger partial charge in [0.05, 0.1) is 18.5 Å². The summed E-state index contributed by atoms with van der Waals surface area (Å²) in [7, 11) is 0. The number of nitrogens with zero attached hydrogens (tertiary/aromatic N) is 2. The number of fused-ring (bicyclic) bond motifs is 5. The van der Waals surface area contributed by atoms with Crippen LogP contribution in [0.25, 0.3) is 0 Å². The van der Waals surface area contributed by atoms with Gasteiger partial charge in [0, 0.05) is 43.9 Å². The minimum absolute atomic E-state index is 0. The highest BCUT2D eigenvalue weighted by Crippen LogP contribution is 2.47. The van der Waals surface area contributed by atoms with Crippen molar-refractivity contribution in [2.45, 2.75) is 69.6 Å². The Balaban J connectivity index is 0.00000180. The van der Waals surface area contributed by atoms with Gasteiger partial charge in [0.25, 0.3) is 0 Å². The molecule has 1 aromatic heterocycles. The van der Waals surface area contributed by atoms with E-state index in [1.165, 1.54) is 44.9 Å². The molecule has 5 rings (SSSR count). The number of rotatable bonds is 4. The molecule has 2 bridgehead atoms. The van der Waals surface area contributed by atoms with Gasteiger partial charge < -0.3 is 19.4 Å². The Labute approximate surface area is 179 Å². The number of nitrogens with one attached hydrogen (secondary N) is 1. The second-order valence-corrected chi connectivity index (χ2v) is 8.54. The second-order valence-electron chi connectivity index (χ2n) is 8.54. The van der Waals surface area contributed by atoms with E-state index in [1.54, 1.807) is 6.26 Å². The monoisotopic (exact) mass is 485 g/mol. The fraction of sp³-hybridized carbons (Fsp3) is 0.762. The summed E-state index contributed by atoms with van der Waals surface area (Å²) in [6.45, 7) is 3.02. The molecule has 1 saturated carbocycles. The molecule has 4 aliphatic rings. The van der Waals surface area contributed by atoms with Crippen molar-refractivity contribution in [3.63, 3.8) is 0 Å². The maximum Gasteiger partial charge on any atom is 0.194 e. The Morgan fingerprint density at radius 1 is 1.07 bits per heavy atom. The topological polar surface area (TPSA) is 50.0 Å². The molecule has 6 heteroatoms. The third-order valence-corrected chi connectivity index (χ3v) is 6.89. The summed E-state index contributed by atoms with van der Waals surface area (Å²) in [6.07, 6.45) is 12.8. The molecule has 4 atom stereocenters. The van der Waals surface area contributed by atoms with Crippen LogP contribution in [-0.2, 0) is 11.2 Å². The highest BCUT2D eigenvalue weighted by molar-refractivity contribution is 14.0. The number of furan rings is 1. The summed E-state index contributed by atoms with van der Waals surface area (Å²) in [5.41, 5.74) is 0. The molecule has 1 N–H and O–H groups in total. The minimum atomic E-state index is 0. The van der Waals surface area contributed by atoms with Crippen molar-refractivity contribution in [3.8, 4) is 0 Å². The summed E-state index contributed by atoms with van der Waals surface area (Å²) in [5, 5.41) is 3.82. The van der Waals surface area contributed by atoms with Crippen molar-refractivity contribution < 1.29 is 9.15 Å². The average Bonchev–Trinajstić information content (AvgIpc) is 3.43. The lowest BCUT2D eigenvalue weighted by molar-refractivity contribution is 0.0766. The van der Waals surface area contributed by atoms with Gasteiger partial charge in [0.2, 0.25) is 0 Å². The van der Waals surface area contributed by atoms with Crippen LogP contribution >= 0.6 is 24.0 Å². The molecule has 0 radical (unpaired) electrons. The molecule has 3 aliphatic heterocycles. The minimum Gasteiger partial charge on any atom is -0.469 e. The van der Waals surface area contributed by atoms with Crippen LogP contribution in [0.3, 0.4) is 0 Å². The lowest BCUT2D eigenvalue weighted by Crippen LogP contribution is -2.46. The van der Waals surface area contributed by atoms with E-state index in [9.17, 15) is 0 Å². The van der Waals surface area contributed by atoms with Gasteiger partial charge in [-0.1, -0.05) is 19.3 Å². The quantitative estimate of drug-likeness (QED) is 0.400. The van der Waals surface area contributed by atoms with Gasteiger partial charge in [-0.25, -0.2) is 0 Å². The van der Waals surface area contributed by atoms with Gasteiger partial charge in [-0.2, -0.15) is 0 Å². The van der Waals surface area contributed by atoms with E-state index in [1.807, 2.05) is 12.1 Å². The second kappa shape index (κ2) is 8.72. The molecular formula is C21H32IN3O2. The Morgan fingerprint density at radius 2 is 1.81 bits per heavy atom. The third-order valence-electron chi connectivity index (χ3n) is 6.89. The van der Waals surface area contributed by atoms with Crippen LogP contribution in [0.1, 0.15) is 50.7 Å². The summed E-state index contributed by atoms with van der Waals surface area (Å²) < 4.78 is 11.6. The molecule has 1 aliphatic carbocycles. The van der Waals surface area contributed by atoms with Crippen LogP contribution < -0.4 is 5.32 Å². The van der Waals surface area contributed by atoms with Crippen LogP contribution in [0, 0.1) is 11.8 Å². The molecule has 4 fully saturated rings. The highest BCUT2D eigenvalue weighted by atomic mass is 127. The van der Waals surface area contributed by atoms with Gasteiger partial charge in [-0.15, -0.1) is 24.0 Å². The smallest absolute Gasteiger partial charge is 0.194 e. The zero-order valence-electron chi connectivity index (χ0n) is 16.0. The number of hydrogen-bond donors (Lipinski definition) is 1. The van der Waals surface area contributed by atoms with Gasteiger partial charge >= 0.3 is 0 Å². The van der Waals surface area contributed by atoms with Crippen LogP contribution in [0.2, 0.25) is 0 Å². The fourth-order valence-electron chi connectivity index (χ4n) is 5.53. The first kappa shape index (κ1) is 19.6. The van der Waals surface area contributed by atoms with Crippen molar-refractivity contribution in [1.29, 1.82) is 0 Å². The van der Waals surface area contributed by atoms with E-state index in [-0.39, 0.29) is 24.0 Å². The number of halogens is 1. The Morgan fingerprint density at radius 3 is 2.48 bits per heavy atom. The molecule has 4 unspecified atom stereocenters. The number of aliphatic imine (C=N–C) groups is 1. The van der Waals surface area contributed by atoms with Crippen molar-refractivity contribution in [2.75, 3.05) is 19.6 Å². The molecule has 0 amide bonds. The molecule has 0 aromatic carbocycles. The van der Waals surface area contributed by atoms with Gasteiger partial charge in [-0.3, -0.25) is 4.99 Å². The number of guanidine groups is 1. The zero-order chi connectivity index (χ0) is 17.3. The first-order valence-corrected chi connectivity index (χ1v) is 10.6. The summed E-state index contributed by atoms with van der Waals surface area (Å²) in [6, 6.07) is 4.59. The average molecular weight is 485 g/mol. The number of hydrogen-bond acceptors (Lipinski definition) is 3. The van der Waals surface area contributed by atoms with Gasteiger partial charge in [0.15, 0.2) is 5.96 Å². The number of likely N-dealkylation sites (tertiary alicyclic amines) is 1. The molecule has 1 aromatic rings. The maximum atomic E-state index is 6.15.